The van der Waals surface area contributed by atoms with E-state index in [4.69, 9.17) is 0 Å². The fourth-order valence-corrected chi connectivity index (χ4v) is 2.70. The monoisotopic (exact) mass is 284 g/mol. The predicted octanol–water partition coefficient (Wildman–Crippen LogP) is 4.25. The molecule has 4 nitrogen and oxygen atoms in total. The summed E-state index contributed by atoms with van der Waals surface area (Å²) in [6, 6.07) is 1.52. The van der Waals surface area contributed by atoms with Crippen molar-refractivity contribution >= 4 is 11.4 Å². The van der Waals surface area contributed by atoms with Crippen LogP contribution in [0.3, 0.4) is 0 Å². The van der Waals surface area contributed by atoms with E-state index in [9.17, 15) is 18.9 Å². The second-order valence-corrected chi connectivity index (χ2v) is 5.41. The van der Waals surface area contributed by atoms with Crippen molar-refractivity contribution in [2.75, 3.05) is 5.32 Å². The molecule has 0 amide bonds. The number of benzene rings is 1. The quantitative estimate of drug-likeness (QED) is 0.512. The van der Waals surface area contributed by atoms with Gasteiger partial charge in [0.25, 0.3) is 5.69 Å². The number of non-ortho nitro benzene ring substituents is 1. The maximum Gasteiger partial charge on any atom is 0.275 e. The van der Waals surface area contributed by atoms with Crippen LogP contribution in [0.15, 0.2) is 12.1 Å². The Bertz CT molecular complexity index is 485. The van der Waals surface area contributed by atoms with Gasteiger partial charge in [0.05, 0.1) is 17.1 Å². The van der Waals surface area contributed by atoms with Crippen molar-refractivity contribution < 1.29 is 13.7 Å². The number of nitrogens with one attached hydrogen (secondary N) is 1. The van der Waals surface area contributed by atoms with E-state index < -0.39 is 22.2 Å². The van der Waals surface area contributed by atoms with Crippen molar-refractivity contribution in [3.8, 4) is 0 Å². The highest BCUT2D eigenvalue weighted by atomic mass is 19.1. The molecule has 0 aromatic heterocycles. The summed E-state index contributed by atoms with van der Waals surface area (Å²) in [6.45, 7) is 2.06. The van der Waals surface area contributed by atoms with Crippen LogP contribution in [0.2, 0.25) is 0 Å². The van der Waals surface area contributed by atoms with E-state index in [1.54, 1.807) is 0 Å². The minimum Gasteiger partial charge on any atom is -0.377 e. The first-order valence-corrected chi connectivity index (χ1v) is 6.89. The standard InChI is InChI=1S/C14H18F2N2O2/c1-9-5-3-2-4-6-13(9)17-14-11(15)7-10(18(19)20)8-12(14)16/h7-9,13,17H,2-6H2,1H3. The third-order valence-electron chi connectivity index (χ3n) is 3.93. The molecule has 2 unspecified atom stereocenters. The molecule has 110 valence electrons. The number of nitrogens with zero attached hydrogens (tertiary/aromatic N) is 1. The summed E-state index contributed by atoms with van der Waals surface area (Å²) in [6.07, 6.45) is 5.17. The molecule has 1 aromatic rings. The lowest BCUT2D eigenvalue weighted by molar-refractivity contribution is -0.385. The van der Waals surface area contributed by atoms with Gasteiger partial charge in [-0.2, -0.15) is 0 Å². The summed E-state index contributed by atoms with van der Waals surface area (Å²) in [4.78, 5) is 9.75. The molecule has 0 saturated heterocycles. The number of rotatable bonds is 3. The first-order valence-electron chi connectivity index (χ1n) is 6.89. The normalized spacial score (nSPS) is 23.1. The summed E-state index contributed by atoms with van der Waals surface area (Å²) in [5.41, 5.74) is -0.825. The molecule has 0 radical (unpaired) electrons. The van der Waals surface area contributed by atoms with E-state index >= 15 is 0 Å². The third-order valence-corrected chi connectivity index (χ3v) is 3.93. The van der Waals surface area contributed by atoms with Crippen LogP contribution in [-0.4, -0.2) is 11.0 Å². The second kappa shape index (κ2) is 6.15. The Morgan fingerprint density at radius 2 is 1.80 bits per heavy atom. The van der Waals surface area contributed by atoms with E-state index in [2.05, 4.69) is 12.2 Å². The molecule has 1 aromatic carbocycles. The van der Waals surface area contributed by atoms with Gasteiger partial charge in [0.2, 0.25) is 0 Å². The lowest BCUT2D eigenvalue weighted by Gasteiger charge is -2.24. The van der Waals surface area contributed by atoms with E-state index in [1.807, 2.05) is 0 Å². The molecular weight excluding hydrogens is 266 g/mol. The van der Waals surface area contributed by atoms with Crippen LogP contribution in [-0.2, 0) is 0 Å². The van der Waals surface area contributed by atoms with Gasteiger partial charge < -0.3 is 5.32 Å². The second-order valence-electron chi connectivity index (χ2n) is 5.41. The molecule has 20 heavy (non-hydrogen) atoms. The van der Waals surface area contributed by atoms with Gasteiger partial charge in [-0.1, -0.05) is 26.2 Å². The Kier molecular flexibility index (Phi) is 4.52. The van der Waals surface area contributed by atoms with Crippen molar-refractivity contribution in [3.63, 3.8) is 0 Å². The van der Waals surface area contributed by atoms with Gasteiger partial charge in [-0.05, 0) is 18.8 Å². The number of nitro groups is 1. The molecule has 1 aliphatic rings. The Morgan fingerprint density at radius 3 is 2.40 bits per heavy atom. The molecule has 0 bridgehead atoms. The van der Waals surface area contributed by atoms with E-state index in [-0.39, 0.29) is 11.7 Å². The van der Waals surface area contributed by atoms with Crippen LogP contribution in [0, 0.1) is 27.7 Å². The van der Waals surface area contributed by atoms with E-state index in [0.29, 0.717) is 5.92 Å². The van der Waals surface area contributed by atoms with Crippen molar-refractivity contribution in [2.45, 2.75) is 45.1 Å². The van der Waals surface area contributed by atoms with Crippen LogP contribution in [0.1, 0.15) is 39.0 Å². The number of nitro benzene ring substituents is 1. The Morgan fingerprint density at radius 1 is 1.20 bits per heavy atom. The molecule has 0 heterocycles. The molecule has 1 aliphatic carbocycles. The molecule has 2 rings (SSSR count). The van der Waals surface area contributed by atoms with Gasteiger partial charge in [-0.3, -0.25) is 10.1 Å². The number of anilines is 1. The zero-order valence-electron chi connectivity index (χ0n) is 11.4. The van der Waals surface area contributed by atoms with Crippen molar-refractivity contribution in [3.05, 3.63) is 33.9 Å². The Labute approximate surface area is 116 Å². The minimum atomic E-state index is -0.909. The summed E-state index contributed by atoms with van der Waals surface area (Å²) < 4.78 is 27.7. The van der Waals surface area contributed by atoms with Crippen LogP contribution in [0.25, 0.3) is 0 Å². The number of halogens is 2. The highest BCUT2D eigenvalue weighted by Gasteiger charge is 2.24. The highest BCUT2D eigenvalue weighted by molar-refractivity contribution is 5.52. The fraction of sp³-hybridized carbons (Fsp3) is 0.571. The zero-order chi connectivity index (χ0) is 14.7. The van der Waals surface area contributed by atoms with Gasteiger partial charge in [0.15, 0.2) is 11.6 Å². The van der Waals surface area contributed by atoms with Gasteiger partial charge in [0.1, 0.15) is 5.69 Å². The third kappa shape index (κ3) is 3.23. The molecule has 1 saturated carbocycles. The first kappa shape index (κ1) is 14.7. The summed E-state index contributed by atoms with van der Waals surface area (Å²) in [5, 5.41) is 13.5. The first-order chi connectivity index (χ1) is 9.49. The van der Waals surface area contributed by atoms with Crippen LogP contribution in [0.4, 0.5) is 20.2 Å². The maximum atomic E-state index is 13.8. The Hall–Kier alpha value is -1.72. The predicted molar refractivity (Wildman–Crippen MR) is 72.7 cm³/mol. The topological polar surface area (TPSA) is 55.2 Å². The van der Waals surface area contributed by atoms with Crippen LogP contribution >= 0.6 is 0 Å². The highest BCUT2D eigenvalue weighted by Crippen LogP contribution is 2.30. The molecule has 2 atom stereocenters. The molecule has 0 aliphatic heterocycles. The minimum absolute atomic E-state index is 0.00274. The van der Waals surface area contributed by atoms with Gasteiger partial charge in [0, 0.05) is 6.04 Å². The zero-order valence-corrected chi connectivity index (χ0v) is 11.4. The maximum absolute atomic E-state index is 13.8. The van der Waals surface area contributed by atoms with Crippen molar-refractivity contribution in [2.24, 2.45) is 5.92 Å². The van der Waals surface area contributed by atoms with E-state index in [0.717, 1.165) is 44.2 Å². The SMILES string of the molecule is CC1CCCCCC1Nc1c(F)cc([N+](=O)[O-])cc1F. The van der Waals surface area contributed by atoms with Gasteiger partial charge in [-0.25, -0.2) is 8.78 Å². The summed E-state index contributed by atoms with van der Waals surface area (Å²) >= 11 is 0. The van der Waals surface area contributed by atoms with Crippen molar-refractivity contribution in [1.82, 2.24) is 0 Å². The van der Waals surface area contributed by atoms with Crippen LogP contribution < -0.4 is 5.32 Å². The number of hydrogen-bond acceptors (Lipinski definition) is 3. The molecule has 6 heteroatoms. The molecule has 1 N–H and O–H groups in total. The molecule has 0 spiro atoms. The summed E-state index contributed by atoms with van der Waals surface area (Å²) in [7, 11) is 0. The lowest BCUT2D eigenvalue weighted by atomic mass is 9.96. The smallest absolute Gasteiger partial charge is 0.275 e. The van der Waals surface area contributed by atoms with Gasteiger partial charge in [-0.15, -0.1) is 0 Å². The Balaban J connectivity index is 2.22. The summed E-state index contributed by atoms with van der Waals surface area (Å²) in [5.74, 6) is -1.49. The van der Waals surface area contributed by atoms with Crippen LogP contribution in [0.5, 0.6) is 0 Å². The molecular formula is C14H18F2N2O2. The largest absolute Gasteiger partial charge is 0.377 e. The van der Waals surface area contributed by atoms with E-state index in [1.165, 1.54) is 0 Å². The average molecular weight is 284 g/mol. The number of hydrogen-bond donors (Lipinski definition) is 1. The fourth-order valence-electron chi connectivity index (χ4n) is 2.70. The van der Waals surface area contributed by atoms with Gasteiger partial charge >= 0.3 is 0 Å². The van der Waals surface area contributed by atoms with Crippen molar-refractivity contribution in [1.29, 1.82) is 0 Å². The molecule has 1 fully saturated rings. The lowest BCUT2D eigenvalue weighted by Crippen LogP contribution is -2.27. The average Bonchev–Trinajstić information content (AvgIpc) is 2.58.